The molecular formula is C15H21N3S. The first-order valence-electron chi connectivity index (χ1n) is 7.05. The molecule has 2 aromatic rings. The van der Waals surface area contributed by atoms with E-state index in [1.807, 2.05) is 0 Å². The number of hydrogen-bond acceptors (Lipinski definition) is 3. The summed E-state index contributed by atoms with van der Waals surface area (Å²) in [5.74, 6) is 1.88. The maximum atomic E-state index is 6.17. The van der Waals surface area contributed by atoms with Crippen molar-refractivity contribution < 1.29 is 0 Å². The molecule has 19 heavy (non-hydrogen) atoms. The van der Waals surface area contributed by atoms with Gasteiger partial charge in [0.25, 0.3) is 0 Å². The molecule has 0 saturated heterocycles. The number of nitrogens with zero attached hydrogens (tertiary/aromatic N) is 2. The molecule has 4 heteroatoms. The second-order valence-corrected chi connectivity index (χ2v) is 6.90. The van der Waals surface area contributed by atoms with Gasteiger partial charge in [0, 0.05) is 11.3 Å². The van der Waals surface area contributed by atoms with Gasteiger partial charge in [-0.15, -0.1) is 0 Å². The van der Waals surface area contributed by atoms with Gasteiger partial charge < -0.3 is 10.3 Å². The Morgan fingerprint density at radius 3 is 3.05 bits per heavy atom. The first-order valence-corrected chi connectivity index (χ1v) is 8.10. The highest BCUT2D eigenvalue weighted by molar-refractivity contribution is 7.99. The topological polar surface area (TPSA) is 43.8 Å². The Balaban J connectivity index is 1.97. The Morgan fingerprint density at radius 2 is 2.26 bits per heavy atom. The van der Waals surface area contributed by atoms with E-state index in [4.69, 9.17) is 5.73 Å². The molecule has 2 atom stereocenters. The zero-order valence-corrected chi connectivity index (χ0v) is 12.4. The smallest absolute Gasteiger partial charge is 0.201 e. The van der Waals surface area contributed by atoms with E-state index in [0.717, 1.165) is 10.8 Å². The summed E-state index contributed by atoms with van der Waals surface area (Å²) in [6, 6.07) is 6.87. The maximum Gasteiger partial charge on any atom is 0.201 e. The lowest BCUT2D eigenvalue weighted by molar-refractivity contribution is 0.540. The van der Waals surface area contributed by atoms with Crippen LogP contribution in [0.25, 0.3) is 11.0 Å². The third-order valence-electron chi connectivity index (χ3n) is 4.07. The number of benzene rings is 1. The highest BCUT2D eigenvalue weighted by atomic mass is 32.2. The Bertz CT molecular complexity index is 590. The van der Waals surface area contributed by atoms with Gasteiger partial charge in [-0.05, 0) is 43.6 Å². The van der Waals surface area contributed by atoms with Crippen LogP contribution in [0.5, 0.6) is 0 Å². The quantitative estimate of drug-likeness (QED) is 0.927. The zero-order valence-electron chi connectivity index (χ0n) is 11.6. The van der Waals surface area contributed by atoms with Crippen LogP contribution in [0.1, 0.15) is 37.8 Å². The summed E-state index contributed by atoms with van der Waals surface area (Å²) in [5.41, 5.74) is 9.64. The van der Waals surface area contributed by atoms with E-state index < -0.39 is 0 Å². The maximum absolute atomic E-state index is 6.17. The van der Waals surface area contributed by atoms with Crippen LogP contribution in [-0.2, 0) is 0 Å². The van der Waals surface area contributed by atoms with E-state index >= 15 is 0 Å². The molecule has 1 fully saturated rings. The van der Waals surface area contributed by atoms with E-state index in [-0.39, 0.29) is 0 Å². The fourth-order valence-corrected chi connectivity index (χ4v) is 4.33. The fraction of sp³-hybridized carbons (Fsp3) is 0.533. The van der Waals surface area contributed by atoms with Crippen molar-refractivity contribution in [1.82, 2.24) is 9.55 Å². The van der Waals surface area contributed by atoms with Crippen molar-refractivity contribution in [2.75, 3.05) is 11.5 Å². The highest BCUT2D eigenvalue weighted by Crippen LogP contribution is 2.39. The molecule has 102 valence electrons. The monoisotopic (exact) mass is 275 g/mol. The number of para-hydroxylation sites is 1. The number of nitrogens with two attached hydrogens (primary N) is 1. The second kappa shape index (κ2) is 5.08. The molecule has 1 aromatic carbocycles. The number of imidazole rings is 1. The standard InChI is InChI=1S/C15H21N3S/c1-3-19-12-8-7-11(9-12)18-13-6-4-5-10(2)14(13)17-15(18)16/h4-6,11-12H,3,7-9H2,1-2H3,(H2,16,17). The molecule has 1 saturated carbocycles. The van der Waals surface area contributed by atoms with Crippen molar-refractivity contribution in [3.63, 3.8) is 0 Å². The number of nitrogen functional groups attached to an aromatic ring is 1. The van der Waals surface area contributed by atoms with E-state index in [9.17, 15) is 0 Å². The Morgan fingerprint density at radius 1 is 1.42 bits per heavy atom. The molecule has 3 rings (SSSR count). The number of anilines is 1. The average Bonchev–Trinajstić information content (AvgIpc) is 2.94. The van der Waals surface area contributed by atoms with Crippen molar-refractivity contribution in [3.8, 4) is 0 Å². The number of fused-ring (bicyclic) bond motifs is 1. The molecule has 0 amide bonds. The van der Waals surface area contributed by atoms with Crippen LogP contribution in [0.2, 0.25) is 0 Å². The molecule has 0 radical (unpaired) electrons. The lowest BCUT2D eigenvalue weighted by Gasteiger charge is -2.15. The Hall–Kier alpha value is -1.16. The van der Waals surface area contributed by atoms with Crippen LogP contribution in [0.4, 0.5) is 5.95 Å². The molecule has 2 N–H and O–H groups in total. The molecule has 1 aromatic heterocycles. The number of aryl methyl sites for hydroxylation is 1. The van der Waals surface area contributed by atoms with Gasteiger partial charge in [0.1, 0.15) is 0 Å². The van der Waals surface area contributed by atoms with Crippen LogP contribution in [-0.4, -0.2) is 20.6 Å². The molecule has 2 unspecified atom stereocenters. The van der Waals surface area contributed by atoms with E-state index in [1.165, 1.54) is 36.1 Å². The lowest BCUT2D eigenvalue weighted by Crippen LogP contribution is -2.09. The van der Waals surface area contributed by atoms with Gasteiger partial charge in [0.15, 0.2) is 0 Å². The molecule has 3 nitrogen and oxygen atoms in total. The first-order chi connectivity index (χ1) is 9.20. The summed E-state index contributed by atoms with van der Waals surface area (Å²) in [5, 5.41) is 0.789. The Labute approximate surface area is 118 Å². The average molecular weight is 275 g/mol. The number of thioether (sulfide) groups is 1. The third kappa shape index (κ3) is 2.22. The molecular weight excluding hydrogens is 254 g/mol. The number of rotatable bonds is 3. The van der Waals surface area contributed by atoms with Crippen molar-refractivity contribution >= 4 is 28.7 Å². The van der Waals surface area contributed by atoms with Crippen LogP contribution >= 0.6 is 11.8 Å². The SMILES string of the molecule is CCSC1CCC(n2c(N)nc3c(C)cccc32)C1. The van der Waals surface area contributed by atoms with Crippen molar-refractivity contribution in [2.24, 2.45) is 0 Å². The highest BCUT2D eigenvalue weighted by Gasteiger charge is 2.28. The van der Waals surface area contributed by atoms with E-state index in [0.29, 0.717) is 12.0 Å². The predicted octanol–water partition coefficient (Wildman–Crippen LogP) is 3.77. The predicted molar refractivity (Wildman–Crippen MR) is 83.7 cm³/mol. The van der Waals surface area contributed by atoms with Gasteiger partial charge in [-0.25, -0.2) is 4.98 Å². The third-order valence-corrected chi connectivity index (χ3v) is 5.31. The minimum atomic E-state index is 0.524. The molecule has 0 spiro atoms. The zero-order chi connectivity index (χ0) is 13.4. The van der Waals surface area contributed by atoms with Gasteiger partial charge in [0.05, 0.1) is 11.0 Å². The minimum Gasteiger partial charge on any atom is -0.369 e. The summed E-state index contributed by atoms with van der Waals surface area (Å²) in [6.07, 6.45) is 3.75. The lowest BCUT2D eigenvalue weighted by atomic mass is 10.2. The van der Waals surface area contributed by atoms with Crippen LogP contribution < -0.4 is 5.73 Å². The Kier molecular flexibility index (Phi) is 3.44. The molecule has 0 aliphatic heterocycles. The number of aromatic nitrogens is 2. The largest absolute Gasteiger partial charge is 0.369 e. The first kappa shape index (κ1) is 12.9. The van der Waals surface area contributed by atoms with Crippen LogP contribution in [0.3, 0.4) is 0 Å². The van der Waals surface area contributed by atoms with Crippen LogP contribution in [0, 0.1) is 6.92 Å². The molecule has 1 heterocycles. The van der Waals surface area contributed by atoms with Crippen LogP contribution in [0.15, 0.2) is 18.2 Å². The van der Waals surface area contributed by atoms with E-state index in [1.54, 1.807) is 0 Å². The van der Waals surface area contributed by atoms with E-state index in [2.05, 4.69) is 53.4 Å². The van der Waals surface area contributed by atoms with Gasteiger partial charge in [0.2, 0.25) is 5.95 Å². The number of hydrogen-bond donors (Lipinski definition) is 1. The second-order valence-electron chi connectivity index (χ2n) is 5.33. The van der Waals surface area contributed by atoms with Gasteiger partial charge in [-0.2, -0.15) is 11.8 Å². The summed E-state index contributed by atoms with van der Waals surface area (Å²) in [4.78, 5) is 4.56. The fourth-order valence-electron chi connectivity index (χ4n) is 3.20. The minimum absolute atomic E-state index is 0.524. The van der Waals surface area contributed by atoms with Crippen molar-refractivity contribution in [1.29, 1.82) is 0 Å². The van der Waals surface area contributed by atoms with Gasteiger partial charge in [-0.1, -0.05) is 19.1 Å². The summed E-state index contributed by atoms with van der Waals surface area (Å²) < 4.78 is 2.26. The summed E-state index contributed by atoms with van der Waals surface area (Å²) >= 11 is 2.08. The normalized spacial score (nSPS) is 23.3. The van der Waals surface area contributed by atoms with Crippen molar-refractivity contribution in [3.05, 3.63) is 23.8 Å². The molecule has 1 aliphatic carbocycles. The summed E-state index contributed by atoms with van der Waals surface area (Å²) in [6.45, 7) is 4.34. The van der Waals surface area contributed by atoms with Crippen molar-refractivity contribution in [2.45, 2.75) is 44.4 Å². The van der Waals surface area contributed by atoms with Gasteiger partial charge >= 0.3 is 0 Å². The molecule has 0 bridgehead atoms. The summed E-state index contributed by atoms with van der Waals surface area (Å²) in [7, 11) is 0. The molecule has 1 aliphatic rings. The van der Waals surface area contributed by atoms with Gasteiger partial charge in [-0.3, -0.25) is 0 Å².